The van der Waals surface area contributed by atoms with Gasteiger partial charge in [0.15, 0.2) is 6.29 Å². The monoisotopic (exact) mass is 416 g/mol. The Bertz CT molecular complexity index is 671. The molecule has 5 nitrogen and oxygen atoms in total. The molecular weight excluding hydrogens is 374 g/mol. The van der Waals surface area contributed by atoms with Gasteiger partial charge in [0, 0.05) is 5.69 Å². The topological polar surface area (TPSA) is 49.4 Å². The predicted octanol–water partition coefficient (Wildman–Crippen LogP) is 4.32. The summed E-state index contributed by atoms with van der Waals surface area (Å²) in [6.45, 7) is 14.2. The summed E-state index contributed by atoms with van der Waals surface area (Å²) in [5.41, 5.74) is 3.20. The second-order valence-corrected chi connectivity index (χ2v) is 8.97. The molecule has 1 aromatic carbocycles. The number of piperidine rings is 1. The molecule has 1 heterocycles. The van der Waals surface area contributed by atoms with E-state index in [2.05, 4.69) is 50.0 Å². The summed E-state index contributed by atoms with van der Waals surface area (Å²) < 4.78 is 0.899. The third-order valence-electron chi connectivity index (χ3n) is 6.80. The highest BCUT2D eigenvalue weighted by Gasteiger charge is 2.29. The lowest BCUT2D eigenvalue weighted by Crippen LogP contribution is -2.51. The molecule has 5 heteroatoms. The van der Waals surface area contributed by atoms with Crippen molar-refractivity contribution < 1.29 is 14.1 Å². The molecule has 0 spiro atoms. The maximum atomic E-state index is 13.1. The predicted molar refractivity (Wildman–Crippen MR) is 125 cm³/mol. The van der Waals surface area contributed by atoms with E-state index in [1.54, 1.807) is 0 Å². The third-order valence-corrected chi connectivity index (χ3v) is 6.80. The van der Waals surface area contributed by atoms with Crippen molar-refractivity contribution in [3.63, 3.8) is 0 Å². The molecule has 2 rings (SSSR count). The Kier molecular flexibility index (Phi) is 9.99. The number of carbonyl (C=O) groups excluding carboxylic acids is 2. The number of hydrogen-bond acceptors (Lipinski definition) is 3. The maximum Gasteiger partial charge on any atom is 0.241 e. The highest BCUT2D eigenvalue weighted by atomic mass is 16.2. The van der Waals surface area contributed by atoms with Crippen molar-refractivity contribution in [2.45, 2.75) is 72.3 Å². The third kappa shape index (κ3) is 6.64. The highest BCUT2D eigenvalue weighted by Crippen LogP contribution is 2.23. The van der Waals surface area contributed by atoms with Crippen LogP contribution in [0.3, 0.4) is 0 Å². The van der Waals surface area contributed by atoms with E-state index in [4.69, 9.17) is 0 Å². The number of likely N-dealkylation sites (tertiary alicyclic amines) is 1. The Morgan fingerprint density at radius 1 is 1.17 bits per heavy atom. The van der Waals surface area contributed by atoms with Crippen molar-refractivity contribution in [3.05, 3.63) is 29.3 Å². The molecule has 0 aliphatic carbocycles. The van der Waals surface area contributed by atoms with E-state index >= 15 is 0 Å². The van der Waals surface area contributed by atoms with E-state index in [0.717, 1.165) is 92.4 Å². The maximum absolute atomic E-state index is 13.1. The number of carbonyl (C=O) groups is 2. The molecule has 0 radical (unpaired) electrons. The molecule has 1 fully saturated rings. The largest absolute Gasteiger partial charge is 0.324 e. The fraction of sp³-hybridized carbons (Fsp3) is 0.680. The van der Waals surface area contributed by atoms with Crippen LogP contribution in [0.2, 0.25) is 0 Å². The highest BCUT2D eigenvalue weighted by molar-refractivity contribution is 5.96. The van der Waals surface area contributed by atoms with Crippen LogP contribution in [0.15, 0.2) is 18.2 Å². The molecule has 1 saturated heterocycles. The van der Waals surface area contributed by atoms with Gasteiger partial charge in [-0.3, -0.25) is 14.5 Å². The standard InChI is InChI=1S/C25H41N3O2/c1-5-17-28(6-2,19-20-29)18-10-9-16-27-15-8-7-14-23(27)25(30)26-24-21(3)12-11-13-22(24)4/h11-13,20,23H,5-10,14-19H2,1-4H3/p+1. The minimum atomic E-state index is -0.0335. The number of nitrogens with zero attached hydrogens (tertiary/aromatic N) is 2. The van der Waals surface area contributed by atoms with Gasteiger partial charge in [0.25, 0.3) is 0 Å². The molecule has 1 aromatic rings. The average Bonchev–Trinajstić information content (AvgIpc) is 2.74. The van der Waals surface area contributed by atoms with Crippen molar-refractivity contribution in [1.82, 2.24) is 4.90 Å². The van der Waals surface area contributed by atoms with Gasteiger partial charge in [0.2, 0.25) is 5.91 Å². The summed E-state index contributed by atoms with van der Waals surface area (Å²) in [5.74, 6) is 0.137. The fourth-order valence-electron chi connectivity index (χ4n) is 4.91. The molecule has 0 saturated carbocycles. The van der Waals surface area contributed by atoms with Crippen molar-refractivity contribution in [3.8, 4) is 0 Å². The number of amides is 1. The number of para-hydroxylation sites is 1. The van der Waals surface area contributed by atoms with E-state index < -0.39 is 0 Å². The van der Waals surface area contributed by atoms with Gasteiger partial charge in [-0.1, -0.05) is 31.5 Å². The van der Waals surface area contributed by atoms with E-state index in [1.807, 2.05) is 6.07 Å². The Balaban J connectivity index is 1.92. The quantitative estimate of drug-likeness (QED) is 0.314. The Labute approximate surface area is 183 Å². The molecule has 1 aliphatic heterocycles. The van der Waals surface area contributed by atoms with E-state index in [1.165, 1.54) is 6.42 Å². The van der Waals surface area contributed by atoms with Crippen molar-refractivity contribution in [1.29, 1.82) is 0 Å². The van der Waals surface area contributed by atoms with Crippen LogP contribution in [0.5, 0.6) is 0 Å². The molecule has 2 atom stereocenters. The van der Waals surface area contributed by atoms with Crippen molar-refractivity contribution in [2.75, 3.05) is 44.6 Å². The van der Waals surface area contributed by atoms with Gasteiger partial charge in [-0.2, -0.15) is 0 Å². The first-order valence-corrected chi connectivity index (χ1v) is 11.9. The first-order chi connectivity index (χ1) is 14.5. The van der Waals surface area contributed by atoms with E-state index in [-0.39, 0.29) is 11.9 Å². The smallest absolute Gasteiger partial charge is 0.241 e. The number of unbranched alkanes of at least 4 members (excludes halogenated alkanes) is 1. The molecule has 0 aromatic heterocycles. The number of hydrogen-bond donors (Lipinski definition) is 1. The number of nitrogens with one attached hydrogen (secondary N) is 1. The molecular formula is C25H42N3O2+. The molecule has 2 unspecified atom stereocenters. The zero-order valence-electron chi connectivity index (χ0n) is 19.6. The molecule has 1 amide bonds. The summed E-state index contributed by atoms with van der Waals surface area (Å²) in [4.78, 5) is 26.7. The van der Waals surface area contributed by atoms with E-state index in [0.29, 0.717) is 6.54 Å². The second-order valence-electron chi connectivity index (χ2n) is 8.97. The Hall–Kier alpha value is -1.72. The molecule has 30 heavy (non-hydrogen) atoms. The van der Waals surface area contributed by atoms with Gasteiger partial charge >= 0.3 is 0 Å². The van der Waals surface area contributed by atoms with Gasteiger partial charge in [-0.15, -0.1) is 0 Å². The summed E-state index contributed by atoms with van der Waals surface area (Å²) in [6.07, 6.45) is 7.59. The second kappa shape index (κ2) is 12.2. The van der Waals surface area contributed by atoms with Gasteiger partial charge < -0.3 is 9.80 Å². The number of rotatable bonds is 12. The number of aldehydes is 1. The minimum Gasteiger partial charge on any atom is -0.324 e. The van der Waals surface area contributed by atoms with Gasteiger partial charge in [-0.25, -0.2) is 0 Å². The van der Waals surface area contributed by atoms with Gasteiger partial charge in [0.1, 0.15) is 6.54 Å². The van der Waals surface area contributed by atoms with Crippen LogP contribution in [-0.2, 0) is 9.59 Å². The van der Waals surface area contributed by atoms with Crippen molar-refractivity contribution in [2.24, 2.45) is 0 Å². The number of anilines is 1. The van der Waals surface area contributed by atoms with Crippen LogP contribution in [-0.4, -0.2) is 66.9 Å². The first-order valence-electron chi connectivity index (χ1n) is 11.9. The first kappa shape index (κ1) is 24.5. The summed E-state index contributed by atoms with van der Waals surface area (Å²) in [5, 5.41) is 3.21. The Morgan fingerprint density at radius 2 is 1.90 bits per heavy atom. The summed E-state index contributed by atoms with van der Waals surface area (Å²) in [7, 11) is 0. The zero-order chi connectivity index (χ0) is 22.0. The van der Waals surface area contributed by atoms with Crippen molar-refractivity contribution >= 4 is 17.9 Å². The number of likely N-dealkylation sites (N-methyl/N-ethyl adjacent to an activating group) is 1. The zero-order valence-corrected chi connectivity index (χ0v) is 19.6. The van der Waals surface area contributed by atoms with Gasteiger partial charge in [-0.05, 0) is 77.1 Å². The van der Waals surface area contributed by atoms with Crippen LogP contribution < -0.4 is 5.32 Å². The summed E-state index contributed by atoms with van der Waals surface area (Å²) >= 11 is 0. The van der Waals surface area contributed by atoms with Gasteiger partial charge in [0.05, 0.1) is 25.7 Å². The molecule has 1 N–H and O–H groups in total. The van der Waals surface area contributed by atoms with Crippen LogP contribution in [0.4, 0.5) is 5.69 Å². The SMILES string of the molecule is CCC[N+](CC)(CC=O)CCCCN1CCCCC1C(=O)Nc1c(C)cccc1C. The molecule has 168 valence electrons. The van der Waals surface area contributed by atoms with Crippen LogP contribution >= 0.6 is 0 Å². The normalized spacial score (nSPS) is 19.3. The molecule has 1 aliphatic rings. The summed E-state index contributed by atoms with van der Waals surface area (Å²) in [6, 6.07) is 6.10. The fourth-order valence-corrected chi connectivity index (χ4v) is 4.91. The minimum absolute atomic E-state index is 0.0335. The average molecular weight is 417 g/mol. The number of quaternary nitrogens is 1. The molecule has 0 bridgehead atoms. The Morgan fingerprint density at radius 3 is 2.53 bits per heavy atom. The number of benzene rings is 1. The lowest BCUT2D eigenvalue weighted by molar-refractivity contribution is -0.918. The van der Waals surface area contributed by atoms with E-state index in [9.17, 15) is 9.59 Å². The van der Waals surface area contributed by atoms with Crippen LogP contribution in [0.25, 0.3) is 0 Å². The van der Waals surface area contributed by atoms with Crippen LogP contribution in [0, 0.1) is 13.8 Å². The lowest BCUT2D eigenvalue weighted by atomic mass is 10.00. The van der Waals surface area contributed by atoms with Crippen LogP contribution in [0.1, 0.15) is 63.5 Å². The number of aryl methyl sites for hydroxylation is 2. The lowest BCUT2D eigenvalue weighted by Gasteiger charge is -2.37.